The molecule has 0 spiro atoms. The molecule has 4 heteroatoms. The fourth-order valence-electron chi connectivity index (χ4n) is 3.23. The summed E-state index contributed by atoms with van der Waals surface area (Å²) in [4.78, 5) is 13.9. The smallest absolute Gasteiger partial charge is 0.185 e. The van der Waals surface area contributed by atoms with Crippen molar-refractivity contribution >= 4 is 11.9 Å². The number of phenolic OH excluding ortho intramolecular Hbond substituents is 2. The highest BCUT2D eigenvalue weighted by Crippen LogP contribution is 2.19. The zero-order valence-corrected chi connectivity index (χ0v) is 14.2. The first-order chi connectivity index (χ1) is 12.1. The molecule has 0 atom stereocenters. The third-order valence-corrected chi connectivity index (χ3v) is 4.69. The van der Waals surface area contributed by atoms with Gasteiger partial charge in [0.15, 0.2) is 5.78 Å². The largest absolute Gasteiger partial charge is 0.508 e. The molecule has 0 amide bonds. The second-order valence-electron chi connectivity index (χ2n) is 6.62. The second kappa shape index (κ2) is 7.99. The maximum atomic E-state index is 12.4. The number of carbonyl (C=O) groups excluding carboxylic acids is 1. The number of carbonyl (C=O) groups is 1. The molecule has 0 radical (unpaired) electrons. The number of hydrogen-bond donors (Lipinski definition) is 3. The number of aromatic hydroxyl groups is 2. The van der Waals surface area contributed by atoms with Crippen molar-refractivity contribution in [1.82, 2.24) is 0 Å². The molecule has 2 aromatic rings. The quantitative estimate of drug-likeness (QED) is 0.580. The molecule has 25 heavy (non-hydrogen) atoms. The normalized spacial score (nSPS) is 15.5. The molecule has 4 nitrogen and oxygen atoms in total. The van der Waals surface area contributed by atoms with Crippen molar-refractivity contribution in [2.45, 2.75) is 25.8 Å². The van der Waals surface area contributed by atoms with Gasteiger partial charge in [0, 0.05) is 11.1 Å². The van der Waals surface area contributed by atoms with Crippen LogP contribution in [0.25, 0.3) is 6.08 Å². The Labute approximate surface area is 148 Å². The molecule has 2 aromatic carbocycles. The lowest BCUT2D eigenvalue weighted by Gasteiger charge is -2.23. The summed E-state index contributed by atoms with van der Waals surface area (Å²) < 4.78 is 0. The first-order valence-electron chi connectivity index (χ1n) is 8.79. The van der Waals surface area contributed by atoms with E-state index in [0.29, 0.717) is 5.56 Å². The Morgan fingerprint density at radius 3 is 2.44 bits per heavy atom. The summed E-state index contributed by atoms with van der Waals surface area (Å²) in [5.41, 5.74) is 2.27. The molecular weight excluding hydrogens is 314 g/mol. The molecule has 3 rings (SSSR count). The molecule has 0 unspecified atom stereocenters. The average Bonchev–Trinajstić information content (AvgIpc) is 2.64. The van der Waals surface area contributed by atoms with Crippen molar-refractivity contribution in [2.75, 3.05) is 13.1 Å². The van der Waals surface area contributed by atoms with Gasteiger partial charge in [-0.25, -0.2) is 0 Å². The second-order valence-corrected chi connectivity index (χ2v) is 6.62. The number of phenols is 2. The van der Waals surface area contributed by atoms with E-state index < -0.39 is 0 Å². The lowest BCUT2D eigenvalue weighted by molar-refractivity contribution is -0.918. The predicted octanol–water partition coefficient (Wildman–Crippen LogP) is 2.56. The number of quaternary nitrogens is 1. The highest BCUT2D eigenvalue weighted by molar-refractivity contribution is 6.07. The van der Waals surface area contributed by atoms with Gasteiger partial charge < -0.3 is 15.1 Å². The van der Waals surface area contributed by atoms with Crippen LogP contribution in [0.2, 0.25) is 0 Å². The highest BCUT2D eigenvalue weighted by atomic mass is 16.3. The summed E-state index contributed by atoms with van der Waals surface area (Å²) in [6.07, 6.45) is 6.99. The molecular formula is C21H24NO3+. The van der Waals surface area contributed by atoms with E-state index in [2.05, 4.69) is 0 Å². The summed E-state index contributed by atoms with van der Waals surface area (Å²) in [7, 11) is 0. The number of allylic oxidation sites excluding steroid dienone is 1. The van der Waals surface area contributed by atoms with E-state index in [-0.39, 0.29) is 17.3 Å². The van der Waals surface area contributed by atoms with Crippen LogP contribution in [0.5, 0.6) is 11.5 Å². The molecule has 0 saturated carbocycles. The molecule has 0 bridgehead atoms. The highest BCUT2D eigenvalue weighted by Gasteiger charge is 2.17. The molecule has 0 aliphatic carbocycles. The van der Waals surface area contributed by atoms with Crippen molar-refractivity contribution in [2.24, 2.45) is 0 Å². The van der Waals surface area contributed by atoms with Crippen molar-refractivity contribution in [3.8, 4) is 11.5 Å². The third-order valence-electron chi connectivity index (χ3n) is 4.69. The van der Waals surface area contributed by atoms with E-state index in [0.717, 1.165) is 30.8 Å². The minimum absolute atomic E-state index is 0.0945. The van der Waals surface area contributed by atoms with Crippen LogP contribution in [-0.4, -0.2) is 29.1 Å². The fraction of sp³-hybridized carbons (Fsp3) is 0.286. The molecule has 1 aliphatic heterocycles. The van der Waals surface area contributed by atoms with E-state index >= 15 is 0 Å². The molecule has 130 valence electrons. The van der Waals surface area contributed by atoms with E-state index in [1.807, 2.05) is 0 Å². The van der Waals surface area contributed by atoms with Crippen LogP contribution in [0.1, 0.15) is 40.7 Å². The number of piperidine rings is 1. The van der Waals surface area contributed by atoms with E-state index in [1.54, 1.807) is 48.5 Å². The van der Waals surface area contributed by atoms with Gasteiger partial charge in [0.25, 0.3) is 0 Å². The van der Waals surface area contributed by atoms with Crippen molar-refractivity contribution in [3.05, 3.63) is 65.2 Å². The summed E-state index contributed by atoms with van der Waals surface area (Å²) in [5.74, 6) is 0.368. The van der Waals surface area contributed by atoms with Crippen LogP contribution in [-0.2, 0) is 6.54 Å². The van der Waals surface area contributed by atoms with Gasteiger partial charge in [-0.05, 0) is 61.2 Å². The van der Waals surface area contributed by atoms with Gasteiger partial charge in [-0.3, -0.25) is 4.79 Å². The van der Waals surface area contributed by atoms with E-state index in [4.69, 9.17) is 0 Å². The van der Waals surface area contributed by atoms with Crippen LogP contribution in [0.15, 0.2) is 48.5 Å². The lowest BCUT2D eigenvalue weighted by Crippen LogP contribution is -3.11. The molecule has 3 N–H and O–H groups in total. The number of hydrogen-bond acceptors (Lipinski definition) is 3. The molecule has 1 aliphatic rings. The van der Waals surface area contributed by atoms with Crippen LogP contribution in [0.4, 0.5) is 0 Å². The van der Waals surface area contributed by atoms with E-state index in [1.165, 1.54) is 30.2 Å². The third kappa shape index (κ3) is 4.70. The number of rotatable bonds is 5. The SMILES string of the molecule is O=C(/C=C/c1ccc(O)cc1)c1ccc(O)c(C[NH+]2CCCCC2)c1. The van der Waals surface area contributed by atoms with Gasteiger partial charge in [0.05, 0.1) is 13.1 Å². The van der Waals surface area contributed by atoms with Crippen LogP contribution < -0.4 is 4.90 Å². The number of ketones is 1. The fourth-order valence-corrected chi connectivity index (χ4v) is 3.23. The number of benzene rings is 2. The van der Waals surface area contributed by atoms with Crippen molar-refractivity contribution < 1.29 is 19.9 Å². The van der Waals surface area contributed by atoms with Gasteiger partial charge in [-0.15, -0.1) is 0 Å². The van der Waals surface area contributed by atoms with Crippen molar-refractivity contribution in [1.29, 1.82) is 0 Å². The summed E-state index contributed by atoms with van der Waals surface area (Å²) in [5, 5.41) is 19.4. The minimum Gasteiger partial charge on any atom is -0.508 e. The molecule has 1 saturated heterocycles. The first kappa shape index (κ1) is 17.2. The zero-order valence-electron chi connectivity index (χ0n) is 14.2. The zero-order chi connectivity index (χ0) is 17.6. The topological polar surface area (TPSA) is 62.0 Å². The maximum Gasteiger partial charge on any atom is 0.185 e. The monoisotopic (exact) mass is 338 g/mol. The number of likely N-dealkylation sites (tertiary alicyclic amines) is 1. The minimum atomic E-state index is -0.0945. The summed E-state index contributed by atoms with van der Waals surface area (Å²) in [6.45, 7) is 3.01. The Morgan fingerprint density at radius 1 is 1.00 bits per heavy atom. The van der Waals surface area contributed by atoms with Crippen molar-refractivity contribution in [3.63, 3.8) is 0 Å². The van der Waals surface area contributed by atoms with Crippen LogP contribution in [0.3, 0.4) is 0 Å². The Morgan fingerprint density at radius 2 is 1.72 bits per heavy atom. The van der Waals surface area contributed by atoms with Gasteiger partial charge in [0.2, 0.25) is 0 Å². The Kier molecular flexibility index (Phi) is 5.51. The van der Waals surface area contributed by atoms with Gasteiger partial charge in [-0.1, -0.05) is 18.2 Å². The van der Waals surface area contributed by atoms with Gasteiger partial charge in [-0.2, -0.15) is 0 Å². The maximum absolute atomic E-state index is 12.4. The molecule has 1 heterocycles. The lowest BCUT2D eigenvalue weighted by atomic mass is 10.0. The molecule has 1 fully saturated rings. The Hall–Kier alpha value is -2.59. The first-order valence-corrected chi connectivity index (χ1v) is 8.79. The Bertz CT molecular complexity index is 759. The van der Waals surface area contributed by atoms with E-state index in [9.17, 15) is 15.0 Å². The summed E-state index contributed by atoms with van der Waals surface area (Å²) >= 11 is 0. The van der Waals surface area contributed by atoms with Gasteiger partial charge in [0.1, 0.15) is 18.0 Å². The molecule has 0 aromatic heterocycles. The average molecular weight is 338 g/mol. The number of nitrogens with one attached hydrogen (secondary N) is 1. The van der Waals surface area contributed by atoms with Gasteiger partial charge >= 0.3 is 0 Å². The predicted molar refractivity (Wildman–Crippen MR) is 97.8 cm³/mol. The standard InChI is InChI=1S/C21H23NO3/c23-19-8-4-16(5-9-19)6-10-20(24)17-7-11-21(25)18(14-17)15-22-12-2-1-3-13-22/h4-11,14,23,25H,1-3,12-13,15H2/p+1/b10-6+. The Balaban J connectivity index is 1.71. The van der Waals surface area contributed by atoms with Crippen LogP contribution >= 0.6 is 0 Å². The summed E-state index contributed by atoms with van der Waals surface area (Å²) in [6, 6.07) is 11.8. The van der Waals surface area contributed by atoms with Crippen LogP contribution in [0, 0.1) is 0 Å².